The van der Waals surface area contributed by atoms with E-state index in [9.17, 15) is 4.39 Å². The van der Waals surface area contributed by atoms with Crippen molar-refractivity contribution in [3.8, 4) is 5.69 Å². The highest BCUT2D eigenvalue weighted by molar-refractivity contribution is 5.37. The van der Waals surface area contributed by atoms with Gasteiger partial charge in [0, 0.05) is 12.6 Å². The molecule has 0 unspecified atom stereocenters. The Morgan fingerprint density at radius 2 is 2.28 bits per heavy atom. The molecule has 1 aromatic heterocycles. The summed E-state index contributed by atoms with van der Waals surface area (Å²) in [6.07, 6.45) is 4.12. The van der Waals surface area contributed by atoms with Crippen LogP contribution in [-0.2, 0) is 6.54 Å². The topological polar surface area (TPSA) is 42.7 Å². The molecule has 3 rings (SSSR count). The number of rotatable bonds is 4. The van der Waals surface area contributed by atoms with Crippen molar-refractivity contribution >= 4 is 0 Å². The summed E-state index contributed by atoms with van der Waals surface area (Å²) in [5.74, 6) is -0.279. The molecule has 0 spiro atoms. The Hall–Kier alpha value is -1.75. The van der Waals surface area contributed by atoms with E-state index in [2.05, 4.69) is 15.6 Å². The van der Waals surface area contributed by atoms with Crippen LogP contribution >= 0.6 is 0 Å². The molecule has 1 aliphatic rings. The molecular formula is C13H15FN4. The number of benzene rings is 1. The molecule has 2 aromatic rings. The number of hydrogen-bond acceptors (Lipinski definition) is 3. The first kappa shape index (κ1) is 11.3. The van der Waals surface area contributed by atoms with Gasteiger partial charge in [-0.05, 0) is 37.5 Å². The molecule has 1 heterocycles. The molecule has 1 aromatic carbocycles. The van der Waals surface area contributed by atoms with Crippen LogP contribution < -0.4 is 5.32 Å². The molecule has 4 nitrogen and oxygen atoms in total. The van der Waals surface area contributed by atoms with Gasteiger partial charge in [-0.2, -0.15) is 0 Å². The highest BCUT2D eigenvalue weighted by atomic mass is 19.1. The van der Waals surface area contributed by atoms with Crippen molar-refractivity contribution in [3.05, 3.63) is 41.5 Å². The minimum atomic E-state index is -0.279. The maximum Gasteiger partial charge on any atom is 0.148 e. The lowest BCUT2D eigenvalue weighted by atomic mass is 10.2. The second-order valence-corrected chi connectivity index (χ2v) is 4.75. The number of nitrogens with zero attached hydrogens (tertiary/aromatic N) is 3. The van der Waals surface area contributed by atoms with Crippen LogP contribution in [0.4, 0.5) is 4.39 Å². The summed E-state index contributed by atoms with van der Waals surface area (Å²) in [6, 6.07) is 5.60. The van der Waals surface area contributed by atoms with Crippen molar-refractivity contribution in [2.45, 2.75) is 32.4 Å². The Bertz CT molecular complexity index is 560. The third-order valence-electron chi connectivity index (χ3n) is 3.10. The van der Waals surface area contributed by atoms with Crippen LogP contribution in [0.1, 0.15) is 24.1 Å². The quantitative estimate of drug-likeness (QED) is 0.896. The monoisotopic (exact) mass is 246 g/mol. The van der Waals surface area contributed by atoms with E-state index < -0.39 is 0 Å². The minimum Gasteiger partial charge on any atom is -0.308 e. The Labute approximate surface area is 105 Å². The van der Waals surface area contributed by atoms with Crippen molar-refractivity contribution < 1.29 is 4.39 Å². The van der Waals surface area contributed by atoms with Crippen molar-refractivity contribution in [2.24, 2.45) is 0 Å². The largest absolute Gasteiger partial charge is 0.308 e. The molecule has 0 saturated heterocycles. The molecular weight excluding hydrogens is 231 g/mol. The first-order valence-corrected chi connectivity index (χ1v) is 6.13. The van der Waals surface area contributed by atoms with E-state index in [4.69, 9.17) is 0 Å². The van der Waals surface area contributed by atoms with Crippen LogP contribution in [0.3, 0.4) is 0 Å². The lowest BCUT2D eigenvalue weighted by Crippen LogP contribution is -2.18. The highest BCUT2D eigenvalue weighted by Gasteiger charge is 2.21. The third-order valence-corrected chi connectivity index (χ3v) is 3.10. The summed E-state index contributed by atoms with van der Waals surface area (Å²) < 4.78 is 15.4. The zero-order chi connectivity index (χ0) is 12.5. The second-order valence-electron chi connectivity index (χ2n) is 4.75. The number of halogens is 1. The van der Waals surface area contributed by atoms with Crippen molar-refractivity contribution in [3.63, 3.8) is 0 Å². The van der Waals surface area contributed by atoms with Crippen LogP contribution in [0.5, 0.6) is 0 Å². The number of hydrogen-bond donors (Lipinski definition) is 1. The van der Waals surface area contributed by atoms with E-state index >= 15 is 0 Å². The lowest BCUT2D eigenvalue weighted by Gasteiger charge is -2.08. The molecule has 1 N–H and O–H groups in total. The second kappa shape index (κ2) is 4.49. The Kier molecular flexibility index (Phi) is 2.83. The summed E-state index contributed by atoms with van der Waals surface area (Å²) in [7, 11) is 0. The van der Waals surface area contributed by atoms with E-state index in [1.54, 1.807) is 23.0 Å². The van der Waals surface area contributed by atoms with Crippen molar-refractivity contribution in [1.29, 1.82) is 0 Å². The van der Waals surface area contributed by atoms with Gasteiger partial charge in [0.2, 0.25) is 0 Å². The maximum atomic E-state index is 13.8. The highest BCUT2D eigenvalue weighted by Crippen LogP contribution is 2.20. The van der Waals surface area contributed by atoms with Gasteiger partial charge in [0.15, 0.2) is 0 Å². The van der Waals surface area contributed by atoms with E-state index in [0.717, 1.165) is 11.3 Å². The van der Waals surface area contributed by atoms with E-state index in [-0.39, 0.29) is 5.82 Å². The smallest absolute Gasteiger partial charge is 0.148 e. The van der Waals surface area contributed by atoms with Crippen molar-refractivity contribution in [1.82, 2.24) is 20.3 Å². The molecule has 0 atom stereocenters. The van der Waals surface area contributed by atoms with Crippen LogP contribution in [0.2, 0.25) is 0 Å². The zero-order valence-corrected chi connectivity index (χ0v) is 10.2. The number of aromatic nitrogens is 3. The number of nitrogens with one attached hydrogen (secondary N) is 1. The summed E-state index contributed by atoms with van der Waals surface area (Å²) in [5.41, 5.74) is 2.34. The predicted octanol–water partition coefficient (Wildman–Crippen LogP) is 1.97. The van der Waals surface area contributed by atoms with Gasteiger partial charge < -0.3 is 5.32 Å². The van der Waals surface area contributed by atoms with Gasteiger partial charge in [0.25, 0.3) is 0 Å². The standard InChI is InChI=1S/C13H15FN4/c1-9-2-5-12(14)13(6-9)18-11(8-16-17-18)7-15-10-3-4-10/h2,5-6,8,10,15H,3-4,7H2,1H3. The van der Waals surface area contributed by atoms with Gasteiger partial charge in [-0.15, -0.1) is 5.10 Å². The summed E-state index contributed by atoms with van der Waals surface area (Å²) in [5, 5.41) is 11.2. The Balaban J connectivity index is 1.90. The van der Waals surface area contributed by atoms with Gasteiger partial charge in [0.1, 0.15) is 11.5 Å². The van der Waals surface area contributed by atoms with Gasteiger partial charge in [0.05, 0.1) is 11.9 Å². The van der Waals surface area contributed by atoms with Gasteiger partial charge >= 0.3 is 0 Å². The summed E-state index contributed by atoms with van der Waals surface area (Å²) in [4.78, 5) is 0. The lowest BCUT2D eigenvalue weighted by molar-refractivity contribution is 0.592. The van der Waals surface area contributed by atoms with Gasteiger partial charge in [-0.25, -0.2) is 9.07 Å². The van der Waals surface area contributed by atoms with Gasteiger partial charge in [-0.3, -0.25) is 0 Å². The summed E-state index contributed by atoms with van der Waals surface area (Å²) in [6.45, 7) is 2.60. The van der Waals surface area contributed by atoms with Crippen LogP contribution in [0, 0.1) is 12.7 Å². The molecule has 0 radical (unpaired) electrons. The molecule has 1 saturated carbocycles. The van der Waals surface area contributed by atoms with Crippen LogP contribution in [0.15, 0.2) is 24.4 Å². The molecule has 94 valence electrons. The average molecular weight is 246 g/mol. The Morgan fingerprint density at radius 1 is 1.44 bits per heavy atom. The third kappa shape index (κ3) is 2.26. The normalized spacial score (nSPS) is 15.0. The SMILES string of the molecule is Cc1ccc(F)c(-n2nncc2CNC2CC2)c1. The first-order valence-electron chi connectivity index (χ1n) is 6.13. The molecule has 0 amide bonds. The van der Waals surface area contributed by atoms with E-state index in [1.807, 2.05) is 6.92 Å². The Morgan fingerprint density at radius 3 is 3.06 bits per heavy atom. The van der Waals surface area contributed by atoms with Crippen LogP contribution in [-0.4, -0.2) is 21.0 Å². The van der Waals surface area contributed by atoms with Gasteiger partial charge in [-0.1, -0.05) is 11.3 Å². The fraction of sp³-hybridized carbons (Fsp3) is 0.385. The predicted molar refractivity (Wildman–Crippen MR) is 65.9 cm³/mol. The fourth-order valence-electron chi connectivity index (χ4n) is 1.90. The summed E-state index contributed by atoms with van der Waals surface area (Å²) >= 11 is 0. The molecule has 0 bridgehead atoms. The van der Waals surface area contributed by atoms with E-state index in [1.165, 1.54) is 18.9 Å². The van der Waals surface area contributed by atoms with Crippen LogP contribution in [0.25, 0.3) is 5.69 Å². The molecule has 1 aliphatic carbocycles. The molecule has 5 heteroatoms. The first-order chi connectivity index (χ1) is 8.74. The molecule has 1 fully saturated rings. The maximum absolute atomic E-state index is 13.8. The average Bonchev–Trinajstić information content (AvgIpc) is 3.08. The van der Waals surface area contributed by atoms with Crippen molar-refractivity contribution in [2.75, 3.05) is 0 Å². The number of aryl methyl sites for hydroxylation is 1. The molecule has 18 heavy (non-hydrogen) atoms. The fourth-order valence-corrected chi connectivity index (χ4v) is 1.90. The molecule has 0 aliphatic heterocycles. The van der Waals surface area contributed by atoms with E-state index in [0.29, 0.717) is 18.3 Å². The zero-order valence-electron chi connectivity index (χ0n) is 10.2. The minimum absolute atomic E-state index is 0.279.